The molecule has 1 aromatic rings. The first kappa shape index (κ1) is 20.1. The number of hydrogen-bond donors (Lipinski definition) is 3. The van der Waals surface area contributed by atoms with Crippen molar-refractivity contribution in [1.82, 2.24) is 10.6 Å². The predicted octanol–water partition coefficient (Wildman–Crippen LogP) is 3.75. The number of aliphatic carboxylic acids is 1. The van der Waals surface area contributed by atoms with Gasteiger partial charge in [-0.25, -0.2) is 4.79 Å². The number of carboxylic acids is 1. The van der Waals surface area contributed by atoms with Crippen LogP contribution in [0.2, 0.25) is 0 Å². The topological polar surface area (TPSA) is 78.4 Å². The monoisotopic (exact) mass is 372 g/mol. The first-order valence-electron chi connectivity index (χ1n) is 8.61. The number of halogens is 3. The molecule has 8 heteroatoms. The lowest BCUT2D eigenvalue weighted by atomic mass is 9.86. The van der Waals surface area contributed by atoms with Gasteiger partial charge in [0.2, 0.25) is 0 Å². The number of carbonyl (C=O) groups excluding carboxylic acids is 1. The van der Waals surface area contributed by atoms with Crippen molar-refractivity contribution in [3.8, 4) is 0 Å². The molecule has 1 fully saturated rings. The molecule has 1 atom stereocenters. The fourth-order valence-corrected chi connectivity index (χ4v) is 3.09. The van der Waals surface area contributed by atoms with Crippen LogP contribution in [-0.2, 0) is 11.0 Å². The van der Waals surface area contributed by atoms with Gasteiger partial charge in [0, 0.05) is 12.6 Å². The number of carbonyl (C=O) groups is 2. The van der Waals surface area contributed by atoms with Crippen LogP contribution in [0.3, 0.4) is 0 Å². The lowest BCUT2D eigenvalue weighted by Crippen LogP contribution is -2.45. The molecule has 1 aliphatic rings. The van der Waals surface area contributed by atoms with Crippen molar-refractivity contribution in [1.29, 1.82) is 0 Å². The van der Waals surface area contributed by atoms with Crippen LogP contribution in [0.25, 0.3) is 0 Å². The molecule has 2 rings (SSSR count). The SMILES string of the molecule is CC(CNC(=O)NC1CCC(C(=O)O)CC1)c1ccc(C(F)(F)F)cc1. The van der Waals surface area contributed by atoms with Crippen LogP contribution in [0.15, 0.2) is 24.3 Å². The fourth-order valence-electron chi connectivity index (χ4n) is 3.09. The first-order valence-corrected chi connectivity index (χ1v) is 8.61. The Labute approximate surface area is 150 Å². The van der Waals surface area contributed by atoms with E-state index in [1.165, 1.54) is 12.1 Å². The van der Waals surface area contributed by atoms with Crippen LogP contribution < -0.4 is 10.6 Å². The smallest absolute Gasteiger partial charge is 0.416 e. The van der Waals surface area contributed by atoms with E-state index in [1.807, 2.05) is 6.92 Å². The molecule has 144 valence electrons. The third kappa shape index (κ3) is 5.64. The fraction of sp³-hybridized carbons (Fsp3) is 0.556. The van der Waals surface area contributed by atoms with Crippen molar-refractivity contribution < 1.29 is 27.9 Å². The van der Waals surface area contributed by atoms with E-state index in [1.54, 1.807) is 0 Å². The molecule has 0 spiro atoms. The van der Waals surface area contributed by atoms with E-state index in [0.717, 1.165) is 12.1 Å². The van der Waals surface area contributed by atoms with E-state index >= 15 is 0 Å². The second-order valence-corrected chi connectivity index (χ2v) is 6.76. The van der Waals surface area contributed by atoms with Crippen LogP contribution in [0.1, 0.15) is 49.7 Å². The van der Waals surface area contributed by atoms with Crippen molar-refractivity contribution in [3.63, 3.8) is 0 Å². The van der Waals surface area contributed by atoms with Gasteiger partial charge >= 0.3 is 18.2 Å². The maximum Gasteiger partial charge on any atom is 0.416 e. The van der Waals surface area contributed by atoms with Gasteiger partial charge in [-0.1, -0.05) is 19.1 Å². The van der Waals surface area contributed by atoms with Crippen molar-refractivity contribution >= 4 is 12.0 Å². The molecule has 0 radical (unpaired) electrons. The summed E-state index contributed by atoms with van der Waals surface area (Å²) in [5.74, 6) is -1.26. The van der Waals surface area contributed by atoms with Gasteiger partial charge < -0.3 is 15.7 Å². The van der Waals surface area contributed by atoms with Gasteiger partial charge in [0.15, 0.2) is 0 Å². The summed E-state index contributed by atoms with van der Waals surface area (Å²) < 4.78 is 37.7. The minimum atomic E-state index is -4.36. The van der Waals surface area contributed by atoms with Crippen LogP contribution in [0, 0.1) is 5.92 Å². The number of alkyl halides is 3. The molecule has 0 aromatic heterocycles. The Morgan fingerprint density at radius 2 is 1.73 bits per heavy atom. The maximum atomic E-state index is 12.6. The molecule has 1 aromatic carbocycles. The highest BCUT2D eigenvalue weighted by Crippen LogP contribution is 2.30. The standard InChI is InChI=1S/C18H23F3N2O3/c1-11(12-2-6-14(7-3-12)18(19,20)21)10-22-17(26)23-15-8-4-13(5-9-15)16(24)25/h2-3,6-7,11,13,15H,4-5,8-10H2,1H3,(H,24,25)(H2,22,23,26). The summed E-state index contributed by atoms with van der Waals surface area (Å²) >= 11 is 0. The second-order valence-electron chi connectivity index (χ2n) is 6.76. The summed E-state index contributed by atoms with van der Waals surface area (Å²) in [6.45, 7) is 2.11. The molecule has 1 aliphatic carbocycles. The minimum Gasteiger partial charge on any atom is -0.481 e. The van der Waals surface area contributed by atoms with Gasteiger partial charge in [0.05, 0.1) is 11.5 Å². The molecule has 2 amide bonds. The van der Waals surface area contributed by atoms with Crippen molar-refractivity contribution in [2.45, 2.75) is 50.7 Å². The van der Waals surface area contributed by atoms with Crippen molar-refractivity contribution in [3.05, 3.63) is 35.4 Å². The maximum absolute atomic E-state index is 12.6. The third-order valence-corrected chi connectivity index (χ3v) is 4.79. The summed E-state index contributed by atoms with van der Waals surface area (Å²) in [6.07, 6.45) is -2.03. The molecule has 1 unspecified atom stereocenters. The number of carboxylic acid groups (broad SMARTS) is 1. The van der Waals surface area contributed by atoms with E-state index in [9.17, 15) is 22.8 Å². The zero-order valence-electron chi connectivity index (χ0n) is 14.5. The number of urea groups is 1. The van der Waals surface area contributed by atoms with E-state index in [0.29, 0.717) is 37.8 Å². The Morgan fingerprint density at radius 1 is 1.15 bits per heavy atom. The van der Waals surface area contributed by atoms with Gasteiger partial charge in [0.1, 0.15) is 0 Å². The van der Waals surface area contributed by atoms with Gasteiger partial charge in [-0.3, -0.25) is 4.79 Å². The minimum absolute atomic E-state index is 0.0491. The van der Waals surface area contributed by atoms with Crippen LogP contribution in [0.4, 0.5) is 18.0 Å². The van der Waals surface area contributed by atoms with E-state index < -0.39 is 17.7 Å². The molecule has 3 N–H and O–H groups in total. The lowest BCUT2D eigenvalue weighted by molar-refractivity contribution is -0.143. The summed E-state index contributed by atoms with van der Waals surface area (Å²) in [6, 6.07) is 4.51. The Bertz CT molecular complexity index is 624. The molecule has 0 bridgehead atoms. The van der Waals surface area contributed by atoms with Gasteiger partial charge in [0.25, 0.3) is 0 Å². The van der Waals surface area contributed by atoms with Crippen molar-refractivity contribution in [2.24, 2.45) is 5.92 Å². The highest BCUT2D eigenvalue weighted by molar-refractivity contribution is 5.74. The van der Waals surface area contributed by atoms with E-state index in [-0.39, 0.29) is 23.9 Å². The second kappa shape index (κ2) is 8.42. The zero-order valence-corrected chi connectivity index (χ0v) is 14.5. The van der Waals surface area contributed by atoms with E-state index in [2.05, 4.69) is 10.6 Å². The Balaban J connectivity index is 1.76. The molecule has 0 aliphatic heterocycles. The normalized spacial score (nSPS) is 21.7. The van der Waals surface area contributed by atoms with Crippen molar-refractivity contribution in [2.75, 3.05) is 6.54 Å². The average Bonchev–Trinajstić information content (AvgIpc) is 2.59. The number of rotatable bonds is 5. The molecule has 26 heavy (non-hydrogen) atoms. The van der Waals surface area contributed by atoms with Gasteiger partial charge in [-0.05, 0) is 49.3 Å². The Hall–Kier alpha value is -2.25. The highest BCUT2D eigenvalue weighted by atomic mass is 19.4. The number of benzene rings is 1. The van der Waals surface area contributed by atoms with E-state index in [4.69, 9.17) is 5.11 Å². The number of nitrogens with one attached hydrogen (secondary N) is 2. The summed E-state index contributed by atoms with van der Waals surface area (Å²) in [7, 11) is 0. The van der Waals surface area contributed by atoms with Gasteiger partial charge in [-0.2, -0.15) is 13.2 Å². The first-order chi connectivity index (χ1) is 12.2. The zero-order chi connectivity index (χ0) is 19.3. The third-order valence-electron chi connectivity index (χ3n) is 4.79. The average molecular weight is 372 g/mol. The van der Waals surface area contributed by atoms with Crippen LogP contribution in [-0.4, -0.2) is 29.7 Å². The molecular weight excluding hydrogens is 349 g/mol. The highest BCUT2D eigenvalue weighted by Gasteiger charge is 2.30. The van der Waals surface area contributed by atoms with Gasteiger partial charge in [-0.15, -0.1) is 0 Å². The Kier molecular flexibility index (Phi) is 6.50. The van der Waals surface area contributed by atoms with Crippen LogP contribution in [0.5, 0.6) is 0 Å². The molecule has 0 saturated heterocycles. The summed E-state index contributed by atoms with van der Waals surface area (Å²) in [5.41, 5.74) is 0.0105. The predicted molar refractivity (Wildman–Crippen MR) is 89.8 cm³/mol. The number of amides is 2. The summed E-state index contributed by atoms with van der Waals surface area (Å²) in [4.78, 5) is 22.9. The molecule has 5 nitrogen and oxygen atoms in total. The largest absolute Gasteiger partial charge is 0.481 e. The van der Waals surface area contributed by atoms with Crippen LogP contribution >= 0.6 is 0 Å². The molecular formula is C18H23F3N2O3. The quantitative estimate of drug-likeness (QED) is 0.737. The molecule has 0 heterocycles. The number of hydrogen-bond acceptors (Lipinski definition) is 2. The summed E-state index contributed by atoms with van der Waals surface area (Å²) in [5, 5.41) is 14.5. The molecule has 1 saturated carbocycles. The lowest BCUT2D eigenvalue weighted by Gasteiger charge is -2.27. The Morgan fingerprint density at radius 3 is 2.23 bits per heavy atom.